The van der Waals surface area contributed by atoms with Gasteiger partial charge in [0.2, 0.25) is 0 Å². The SMILES string of the molecule is CCC1CC2(CCO1)CC2(CN)CO. The van der Waals surface area contributed by atoms with Crippen LogP contribution in [0.2, 0.25) is 0 Å². The number of aliphatic hydroxyl groups is 1. The maximum absolute atomic E-state index is 9.41. The second-order valence-corrected chi connectivity index (χ2v) is 4.95. The van der Waals surface area contributed by atoms with Crippen LogP contribution >= 0.6 is 0 Å². The van der Waals surface area contributed by atoms with E-state index in [1.807, 2.05) is 0 Å². The van der Waals surface area contributed by atoms with Crippen molar-refractivity contribution in [2.45, 2.75) is 38.7 Å². The summed E-state index contributed by atoms with van der Waals surface area (Å²) in [6.07, 6.45) is 4.76. The molecular weight excluding hydrogens is 178 g/mol. The van der Waals surface area contributed by atoms with E-state index >= 15 is 0 Å². The average Bonchev–Trinajstić information content (AvgIpc) is 2.86. The van der Waals surface area contributed by atoms with E-state index in [4.69, 9.17) is 10.5 Å². The van der Waals surface area contributed by atoms with Crippen molar-refractivity contribution < 1.29 is 9.84 Å². The Morgan fingerprint density at radius 1 is 1.57 bits per heavy atom. The summed E-state index contributed by atoms with van der Waals surface area (Å²) in [5.74, 6) is 0. The van der Waals surface area contributed by atoms with Crippen LogP contribution < -0.4 is 5.73 Å². The molecule has 0 aromatic rings. The Morgan fingerprint density at radius 2 is 2.36 bits per heavy atom. The van der Waals surface area contributed by atoms with Crippen molar-refractivity contribution in [1.29, 1.82) is 0 Å². The molecule has 1 spiro atoms. The number of aliphatic hydroxyl groups excluding tert-OH is 1. The van der Waals surface area contributed by atoms with E-state index in [-0.39, 0.29) is 12.0 Å². The lowest BCUT2D eigenvalue weighted by molar-refractivity contribution is -0.0331. The van der Waals surface area contributed by atoms with Crippen LogP contribution in [0.5, 0.6) is 0 Å². The second-order valence-electron chi connectivity index (χ2n) is 4.95. The lowest BCUT2D eigenvalue weighted by atomic mass is 9.83. The Morgan fingerprint density at radius 3 is 2.86 bits per heavy atom. The standard InChI is InChI=1S/C11H21NO2/c1-2-9-5-10(3-4-14-9)6-11(10,7-12)8-13/h9,13H,2-8,12H2,1H3. The molecular formula is C11H21NO2. The van der Waals surface area contributed by atoms with Gasteiger partial charge in [-0.15, -0.1) is 0 Å². The van der Waals surface area contributed by atoms with Gasteiger partial charge in [0.25, 0.3) is 0 Å². The smallest absolute Gasteiger partial charge is 0.0578 e. The number of ether oxygens (including phenoxy) is 1. The Hall–Kier alpha value is -0.120. The molecule has 0 aromatic heterocycles. The first kappa shape index (κ1) is 10.4. The minimum absolute atomic E-state index is 0.0319. The van der Waals surface area contributed by atoms with Gasteiger partial charge in [0.05, 0.1) is 12.7 Å². The summed E-state index contributed by atoms with van der Waals surface area (Å²) in [5.41, 5.74) is 6.12. The fourth-order valence-electron chi connectivity index (χ4n) is 3.10. The van der Waals surface area contributed by atoms with Gasteiger partial charge in [0, 0.05) is 18.6 Å². The highest BCUT2D eigenvalue weighted by Crippen LogP contribution is 2.68. The van der Waals surface area contributed by atoms with Crippen LogP contribution in [0.15, 0.2) is 0 Å². The van der Waals surface area contributed by atoms with Crippen molar-refractivity contribution in [2.24, 2.45) is 16.6 Å². The highest BCUT2D eigenvalue weighted by Gasteiger charge is 2.66. The van der Waals surface area contributed by atoms with Crippen LogP contribution in [-0.4, -0.2) is 31.0 Å². The molecule has 82 valence electrons. The fraction of sp³-hybridized carbons (Fsp3) is 1.00. The first-order chi connectivity index (χ1) is 6.72. The number of hydrogen-bond donors (Lipinski definition) is 2. The summed E-state index contributed by atoms with van der Waals surface area (Å²) in [6, 6.07) is 0. The third-order valence-electron chi connectivity index (χ3n) is 4.38. The molecule has 1 aliphatic carbocycles. The monoisotopic (exact) mass is 199 g/mol. The topological polar surface area (TPSA) is 55.5 Å². The van der Waals surface area contributed by atoms with E-state index < -0.39 is 0 Å². The summed E-state index contributed by atoms with van der Waals surface area (Å²) < 4.78 is 5.66. The number of nitrogens with two attached hydrogens (primary N) is 1. The highest BCUT2D eigenvalue weighted by molar-refractivity contribution is 5.16. The Balaban J connectivity index is 2.04. The minimum Gasteiger partial charge on any atom is -0.396 e. The third kappa shape index (κ3) is 1.30. The van der Waals surface area contributed by atoms with E-state index in [0.29, 0.717) is 18.1 Å². The lowest BCUT2D eigenvalue weighted by Gasteiger charge is -2.33. The van der Waals surface area contributed by atoms with Gasteiger partial charge < -0.3 is 15.6 Å². The predicted octanol–water partition coefficient (Wildman–Crippen LogP) is 0.903. The quantitative estimate of drug-likeness (QED) is 0.710. The van der Waals surface area contributed by atoms with Gasteiger partial charge in [-0.25, -0.2) is 0 Å². The van der Waals surface area contributed by atoms with E-state index in [1.165, 1.54) is 0 Å². The molecule has 1 aliphatic heterocycles. The number of hydrogen-bond acceptors (Lipinski definition) is 3. The van der Waals surface area contributed by atoms with Crippen molar-refractivity contribution in [2.75, 3.05) is 19.8 Å². The maximum Gasteiger partial charge on any atom is 0.0578 e. The zero-order valence-corrected chi connectivity index (χ0v) is 8.96. The van der Waals surface area contributed by atoms with Crippen LogP contribution in [0.3, 0.4) is 0 Å². The molecule has 0 amide bonds. The van der Waals surface area contributed by atoms with Crippen LogP contribution in [0, 0.1) is 10.8 Å². The Bertz CT molecular complexity index is 215. The molecule has 0 aromatic carbocycles. The largest absolute Gasteiger partial charge is 0.396 e. The molecule has 3 nitrogen and oxygen atoms in total. The summed E-state index contributed by atoms with van der Waals surface area (Å²) in [5, 5.41) is 9.41. The van der Waals surface area contributed by atoms with Crippen molar-refractivity contribution in [3.63, 3.8) is 0 Å². The van der Waals surface area contributed by atoms with Gasteiger partial charge in [-0.3, -0.25) is 0 Å². The van der Waals surface area contributed by atoms with Crippen LogP contribution in [0.1, 0.15) is 32.6 Å². The molecule has 3 unspecified atom stereocenters. The molecule has 2 rings (SSSR count). The molecule has 14 heavy (non-hydrogen) atoms. The molecule has 0 bridgehead atoms. The van der Waals surface area contributed by atoms with Gasteiger partial charge in [0.15, 0.2) is 0 Å². The molecule has 2 aliphatic rings. The van der Waals surface area contributed by atoms with Crippen molar-refractivity contribution in [3.8, 4) is 0 Å². The minimum atomic E-state index is 0.0319. The average molecular weight is 199 g/mol. The highest BCUT2D eigenvalue weighted by atomic mass is 16.5. The van der Waals surface area contributed by atoms with Gasteiger partial charge >= 0.3 is 0 Å². The molecule has 1 heterocycles. The maximum atomic E-state index is 9.41. The van der Waals surface area contributed by atoms with Crippen LogP contribution in [-0.2, 0) is 4.74 Å². The van der Waals surface area contributed by atoms with Gasteiger partial charge in [-0.05, 0) is 31.1 Å². The molecule has 2 fully saturated rings. The summed E-state index contributed by atoms with van der Waals surface area (Å²) in [6.45, 7) is 3.88. The van der Waals surface area contributed by atoms with Crippen molar-refractivity contribution in [3.05, 3.63) is 0 Å². The summed E-state index contributed by atoms with van der Waals surface area (Å²) in [7, 11) is 0. The molecule has 1 saturated carbocycles. The summed E-state index contributed by atoms with van der Waals surface area (Å²) in [4.78, 5) is 0. The molecule has 3 N–H and O–H groups in total. The van der Waals surface area contributed by atoms with E-state index in [9.17, 15) is 5.11 Å². The van der Waals surface area contributed by atoms with Gasteiger partial charge in [0.1, 0.15) is 0 Å². The Labute approximate surface area is 85.6 Å². The van der Waals surface area contributed by atoms with Crippen molar-refractivity contribution >= 4 is 0 Å². The van der Waals surface area contributed by atoms with Crippen molar-refractivity contribution in [1.82, 2.24) is 0 Å². The first-order valence-electron chi connectivity index (χ1n) is 5.64. The van der Waals surface area contributed by atoms with E-state index in [2.05, 4.69) is 6.92 Å². The van der Waals surface area contributed by atoms with E-state index in [1.54, 1.807) is 0 Å². The van der Waals surface area contributed by atoms with Crippen LogP contribution in [0.4, 0.5) is 0 Å². The second kappa shape index (κ2) is 3.47. The summed E-state index contributed by atoms with van der Waals surface area (Å²) >= 11 is 0. The lowest BCUT2D eigenvalue weighted by Crippen LogP contribution is -2.34. The van der Waals surface area contributed by atoms with E-state index in [0.717, 1.165) is 32.3 Å². The molecule has 1 saturated heterocycles. The van der Waals surface area contributed by atoms with Gasteiger partial charge in [-0.1, -0.05) is 6.92 Å². The first-order valence-corrected chi connectivity index (χ1v) is 5.64. The van der Waals surface area contributed by atoms with Crippen LogP contribution in [0.25, 0.3) is 0 Å². The fourth-order valence-corrected chi connectivity index (χ4v) is 3.10. The molecule has 3 atom stereocenters. The van der Waals surface area contributed by atoms with Gasteiger partial charge in [-0.2, -0.15) is 0 Å². The zero-order valence-electron chi connectivity index (χ0n) is 8.96. The molecule has 0 radical (unpaired) electrons. The molecule has 3 heteroatoms. The predicted molar refractivity (Wildman–Crippen MR) is 54.9 cm³/mol. The number of rotatable bonds is 3. The normalized spacial score (nSPS) is 46.9. The Kier molecular flexibility index (Phi) is 2.58. The zero-order chi connectivity index (χ0) is 10.2. The third-order valence-corrected chi connectivity index (χ3v) is 4.38.